The van der Waals surface area contributed by atoms with E-state index in [2.05, 4.69) is 10.6 Å². The van der Waals surface area contributed by atoms with Gasteiger partial charge in [-0.15, -0.1) is 0 Å². The predicted octanol–water partition coefficient (Wildman–Crippen LogP) is 4.45. The molecule has 1 fully saturated rings. The van der Waals surface area contributed by atoms with E-state index < -0.39 is 29.4 Å². The van der Waals surface area contributed by atoms with Crippen LogP contribution in [0.5, 0.6) is 0 Å². The first-order valence-electron chi connectivity index (χ1n) is 11.1. The van der Waals surface area contributed by atoms with Crippen molar-refractivity contribution in [2.75, 3.05) is 44.8 Å². The van der Waals surface area contributed by atoms with E-state index in [4.69, 9.17) is 25.4 Å². The van der Waals surface area contributed by atoms with Gasteiger partial charge in [-0.1, -0.05) is 41.9 Å². The van der Waals surface area contributed by atoms with Crippen LogP contribution in [-0.4, -0.2) is 58.3 Å². The molecule has 35 heavy (non-hydrogen) atoms. The lowest BCUT2D eigenvalue weighted by molar-refractivity contribution is 0.0730. The van der Waals surface area contributed by atoms with Crippen molar-refractivity contribution in [2.24, 2.45) is 0 Å². The fraction of sp³-hybridized carbons (Fsp3) is 0.409. The van der Waals surface area contributed by atoms with Gasteiger partial charge in [0.15, 0.2) is 5.78 Å². The number of carbonyl (C=O) groups is 1. The number of nitrogens with one attached hydrogen (secondary N) is 2. The van der Waals surface area contributed by atoms with Crippen molar-refractivity contribution < 1.29 is 31.6 Å². The highest BCUT2D eigenvalue weighted by Gasteiger charge is 2.38. The second kappa shape index (κ2) is 12.3. The lowest BCUT2D eigenvalue weighted by atomic mass is 10.2. The summed E-state index contributed by atoms with van der Waals surface area (Å²) in [6, 6.07) is 12.1. The average Bonchev–Trinajstić information content (AvgIpc) is 2.85. The molecule has 1 aliphatic rings. The van der Waals surface area contributed by atoms with Gasteiger partial charge < -0.3 is 24.4 Å². The van der Waals surface area contributed by atoms with Crippen molar-refractivity contribution in [1.82, 2.24) is 9.62 Å². The van der Waals surface area contributed by atoms with Crippen LogP contribution in [0.25, 0.3) is 0 Å². The molecular weight excluding hydrogens is 517 g/mol. The Morgan fingerprint density at radius 2 is 1.74 bits per heavy atom. The maximum absolute atomic E-state index is 13.5. The number of urea groups is 1. The van der Waals surface area contributed by atoms with Crippen LogP contribution in [0.15, 0.2) is 53.4 Å². The number of morpholine rings is 1. The van der Waals surface area contributed by atoms with E-state index in [0.717, 1.165) is 0 Å². The molecule has 13 heteroatoms. The van der Waals surface area contributed by atoms with Gasteiger partial charge in [-0.25, -0.2) is 13.2 Å². The van der Waals surface area contributed by atoms with Gasteiger partial charge in [-0.05, 0) is 37.6 Å². The summed E-state index contributed by atoms with van der Waals surface area (Å²) < 4.78 is 57.1. The number of nitrogens with zero attached hydrogens (tertiary/aromatic N) is 1. The zero-order valence-corrected chi connectivity index (χ0v) is 21.9. The molecule has 0 spiro atoms. The topological polar surface area (TPSA) is 123 Å². The van der Waals surface area contributed by atoms with Crippen LogP contribution in [0, 0.1) is 0 Å². The lowest BCUT2D eigenvalue weighted by Gasteiger charge is -2.28. The van der Waals surface area contributed by atoms with Crippen molar-refractivity contribution >= 4 is 40.9 Å². The number of anilines is 1. The van der Waals surface area contributed by atoms with E-state index in [0.29, 0.717) is 5.56 Å². The first kappa shape index (κ1) is 27.6. The summed E-state index contributed by atoms with van der Waals surface area (Å²) >= 11 is 6.19. The molecule has 1 atom stereocenters. The molecule has 0 aromatic heterocycles. The summed E-state index contributed by atoms with van der Waals surface area (Å²) in [6.07, 6.45) is 0. The Labute approximate surface area is 210 Å². The number of ether oxygens (including phenoxy) is 1. The van der Waals surface area contributed by atoms with Crippen molar-refractivity contribution in [3.63, 3.8) is 0 Å². The molecule has 2 aromatic rings. The maximum Gasteiger partial charge on any atom is 0.357 e. The third-order valence-corrected chi connectivity index (χ3v) is 9.77. The summed E-state index contributed by atoms with van der Waals surface area (Å²) in [7, 11) is -7.67. The van der Waals surface area contributed by atoms with Gasteiger partial charge in [0.2, 0.25) is 10.0 Å². The van der Waals surface area contributed by atoms with Crippen LogP contribution in [0.1, 0.15) is 25.2 Å². The number of halogens is 1. The molecule has 2 aromatic carbocycles. The number of hydrogen-bond acceptors (Lipinski definition) is 7. The fourth-order valence-electron chi connectivity index (χ4n) is 3.52. The van der Waals surface area contributed by atoms with Gasteiger partial charge >= 0.3 is 13.6 Å². The standard InChI is InChI=1S/C22H29ClN3O7PS/c1-3-32-34(28,33-4-2)21(17-8-6-5-7-9-17)25-22(27)24-18-10-11-19(23)20(16-18)35(29,30)26-12-14-31-15-13-26/h5-11,16,21H,3-4,12-15H2,1-2H3,(H2,24,25,27)/t21-/m0/s1. The van der Waals surface area contributed by atoms with Gasteiger partial charge in [-0.2, -0.15) is 4.31 Å². The molecule has 2 N–H and O–H groups in total. The zero-order chi connectivity index (χ0) is 25.5. The minimum atomic E-state index is -3.89. The summed E-state index contributed by atoms with van der Waals surface area (Å²) in [5, 5.41) is 5.28. The molecular formula is C22H29ClN3O7PS. The molecule has 1 heterocycles. The Bertz CT molecular complexity index is 1150. The smallest absolute Gasteiger partial charge is 0.357 e. The fourth-order valence-corrected chi connectivity index (χ4v) is 7.34. The largest absolute Gasteiger partial charge is 0.379 e. The van der Waals surface area contributed by atoms with E-state index in [1.165, 1.54) is 22.5 Å². The summed E-state index contributed by atoms with van der Waals surface area (Å²) in [6.45, 7) is 4.58. The summed E-state index contributed by atoms with van der Waals surface area (Å²) in [5.41, 5.74) is 0.716. The molecule has 2 amide bonds. The van der Waals surface area contributed by atoms with E-state index in [9.17, 15) is 17.8 Å². The molecule has 0 radical (unpaired) electrons. The van der Waals surface area contributed by atoms with Crippen LogP contribution in [0.3, 0.4) is 0 Å². The highest BCUT2D eigenvalue weighted by molar-refractivity contribution is 7.89. The Balaban J connectivity index is 1.85. The molecule has 0 saturated carbocycles. The minimum absolute atomic E-state index is 0.0294. The molecule has 0 unspecified atom stereocenters. The van der Waals surface area contributed by atoms with Crippen LogP contribution in [0.2, 0.25) is 5.02 Å². The zero-order valence-electron chi connectivity index (χ0n) is 19.5. The van der Waals surface area contributed by atoms with E-state index in [-0.39, 0.29) is 55.1 Å². The molecule has 1 saturated heterocycles. The number of carbonyl (C=O) groups excluding carboxylic acids is 1. The molecule has 10 nitrogen and oxygen atoms in total. The lowest BCUT2D eigenvalue weighted by Crippen LogP contribution is -2.40. The van der Waals surface area contributed by atoms with E-state index in [1.807, 2.05) is 0 Å². The monoisotopic (exact) mass is 545 g/mol. The molecule has 0 bridgehead atoms. The van der Waals surface area contributed by atoms with Gasteiger partial charge in [0.25, 0.3) is 0 Å². The highest BCUT2D eigenvalue weighted by Crippen LogP contribution is 2.59. The van der Waals surface area contributed by atoms with Crippen LogP contribution >= 0.6 is 19.2 Å². The van der Waals surface area contributed by atoms with Crippen molar-refractivity contribution in [3.05, 3.63) is 59.1 Å². The Morgan fingerprint density at radius 1 is 1.11 bits per heavy atom. The minimum Gasteiger partial charge on any atom is -0.379 e. The van der Waals surface area contributed by atoms with Crippen LogP contribution in [0.4, 0.5) is 10.5 Å². The quantitative estimate of drug-likeness (QED) is 0.423. The van der Waals surface area contributed by atoms with Gasteiger partial charge in [0.05, 0.1) is 31.5 Å². The predicted molar refractivity (Wildman–Crippen MR) is 133 cm³/mol. The average molecular weight is 546 g/mol. The SMILES string of the molecule is CCOP(=O)(OCC)[C@H](NC(=O)Nc1ccc(Cl)c(S(=O)(=O)N2CCOCC2)c1)c1ccccc1. The second-order valence-electron chi connectivity index (χ2n) is 7.45. The third-order valence-electron chi connectivity index (χ3n) is 5.09. The van der Waals surface area contributed by atoms with Gasteiger partial charge in [0, 0.05) is 18.8 Å². The first-order chi connectivity index (χ1) is 16.7. The number of hydrogen-bond donors (Lipinski definition) is 2. The molecule has 3 rings (SSSR count). The third kappa shape index (κ3) is 6.83. The van der Waals surface area contributed by atoms with Crippen LogP contribution < -0.4 is 10.6 Å². The number of amides is 2. The molecule has 1 aliphatic heterocycles. The van der Waals surface area contributed by atoms with E-state index >= 15 is 0 Å². The highest BCUT2D eigenvalue weighted by atomic mass is 35.5. The number of sulfonamides is 1. The number of rotatable bonds is 10. The molecule has 192 valence electrons. The Morgan fingerprint density at radius 3 is 2.34 bits per heavy atom. The molecule has 0 aliphatic carbocycles. The normalized spacial score (nSPS) is 16.0. The van der Waals surface area contributed by atoms with Crippen LogP contribution in [-0.2, 0) is 28.4 Å². The Kier molecular flexibility index (Phi) is 9.71. The summed E-state index contributed by atoms with van der Waals surface area (Å²) in [4.78, 5) is 12.8. The Hall–Kier alpha value is -1.98. The maximum atomic E-state index is 13.5. The van der Waals surface area contributed by atoms with Gasteiger partial charge in [0.1, 0.15) is 4.90 Å². The van der Waals surface area contributed by atoms with Gasteiger partial charge in [-0.3, -0.25) is 4.57 Å². The summed E-state index contributed by atoms with van der Waals surface area (Å²) in [5.74, 6) is -1.09. The van der Waals surface area contributed by atoms with Crippen molar-refractivity contribution in [3.8, 4) is 0 Å². The van der Waals surface area contributed by atoms with E-state index in [1.54, 1.807) is 44.2 Å². The second-order valence-corrected chi connectivity index (χ2v) is 11.9. The van der Waals surface area contributed by atoms with Crippen molar-refractivity contribution in [2.45, 2.75) is 24.5 Å². The first-order valence-corrected chi connectivity index (χ1v) is 14.5. The van der Waals surface area contributed by atoms with Crippen molar-refractivity contribution in [1.29, 1.82) is 0 Å². The number of benzene rings is 2.